The molecule has 0 atom stereocenters. The molecule has 0 aliphatic rings. The summed E-state index contributed by atoms with van der Waals surface area (Å²) in [7, 11) is 0. The minimum absolute atomic E-state index is 0. The molecule has 0 aromatic heterocycles. The normalized spacial score (nSPS) is 0. The number of rotatable bonds is 0. The van der Waals surface area contributed by atoms with Crippen molar-refractivity contribution in [3.63, 3.8) is 0 Å². The Morgan fingerprint density at radius 2 is 0.154 bits per heavy atom. The van der Waals surface area contributed by atoms with E-state index in [1.54, 1.807) is 0 Å². The molecule has 0 spiro atoms. The van der Waals surface area contributed by atoms with E-state index >= 15 is 0 Å². The third-order valence-corrected chi connectivity index (χ3v) is 0. The van der Waals surface area contributed by atoms with Gasteiger partial charge in [0.1, 0.15) is 0 Å². The predicted molar refractivity (Wildman–Crippen MR) is 43.4 cm³/mol. The van der Waals surface area contributed by atoms with Gasteiger partial charge in [-0.2, -0.15) is 0 Å². The van der Waals surface area contributed by atoms with E-state index in [1.807, 2.05) is 0 Å². The summed E-state index contributed by atoms with van der Waals surface area (Å²) in [6.45, 7) is 0. The van der Waals surface area contributed by atoms with Gasteiger partial charge in [-0.1, -0.05) is 0 Å². The Labute approximate surface area is 83.5 Å². The maximum atomic E-state index is 0. The zero-order chi connectivity index (χ0) is 0. The second-order valence-electron chi connectivity index (χ2n) is 0. The first kappa shape index (κ1) is 2680000. The van der Waals surface area contributed by atoms with Crippen molar-refractivity contribution >= 4 is 0 Å². The van der Waals surface area contributed by atoms with Gasteiger partial charge in [0.25, 0.3) is 0 Å². The fourth-order valence-electron chi connectivity index (χ4n) is 0. The van der Waals surface area contributed by atoms with Gasteiger partial charge in [-0.3, -0.25) is 0 Å². The van der Waals surface area contributed by atoms with Crippen molar-refractivity contribution in [3.8, 4) is 0 Å². The molecular formula is H24CoO12+2. The van der Waals surface area contributed by atoms with Crippen LogP contribution in [0.3, 0.4) is 0 Å². The molecule has 24 N–H and O–H groups in total. The molecule has 0 aliphatic carbocycles. The van der Waals surface area contributed by atoms with Crippen LogP contribution < -0.4 is 0 Å². The number of hydrogen-bond donors (Lipinski definition) is 0. The van der Waals surface area contributed by atoms with Gasteiger partial charge in [0.05, 0.1) is 0 Å². The van der Waals surface area contributed by atoms with Crippen molar-refractivity contribution in [1.29, 1.82) is 0 Å². The molecule has 0 aromatic carbocycles. The molecule has 0 bridgehead atoms. The Kier molecular flexibility index (Phi) is 430000000000. The van der Waals surface area contributed by atoms with E-state index in [9.17, 15) is 0 Å². The van der Waals surface area contributed by atoms with Gasteiger partial charge in [0.15, 0.2) is 0 Å². The largest absolute Gasteiger partial charge is 2.00 e. The first-order chi connectivity index (χ1) is 0. The van der Waals surface area contributed by atoms with E-state index in [-0.39, 0.29) is 82.5 Å². The SMILES string of the molecule is O.O.O.O.O.O.O.O.O.O.O.O.[Co+2]. The molecule has 12 nitrogen and oxygen atoms in total. The summed E-state index contributed by atoms with van der Waals surface area (Å²) in [6.07, 6.45) is 0. The van der Waals surface area contributed by atoms with Crippen LogP contribution in [0.5, 0.6) is 0 Å². The van der Waals surface area contributed by atoms with E-state index in [0.29, 0.717) is 0 Å². The Bertz CT molecular complexity index is 5.09. The minimum Gasteiger partial charge on any atom is -0.412 e. The van der Waals surface area contributed by atoms with Crippen molar-refractivity contribution < 1.29 is 82.5 Å². The molecule has 0 unspecified atom stereocenters. The average Bonchev–Trinajstić information content (AvgIpc) is 0. The zero-order valence-electron chi connectivity index (χ0n) is 6.33. The van der Waals surface area contributed by atoms with Crippen LogP contribution in [0.4, 0.5) is 0 Å². The summed E-state index contributed by atoms with van der Waals surface area (Å²) in [4.78, 5) is 0. The predicted octanol–water partition coefficient (Wildman–Crippen LogP) is -9.90. The molecule has 0 heterocycles. The molecule has 0 amide bonds. The standard InChI is InChI=1S/Co.12H2O/h;12*1H2/q+2;;;;;;;;;;;;. The quantitative estimate of drug-likeness (QED) is 0.396. The molecule has 0 fully saturated rings. The Balaban J connectivity index is 0. The third kappa shape index (κ3) is 1720000. The van der Waals surface area contributed by atoms with Gasteiger partial charge in [-0.05, 0) is 0 Å². The molecular weight excluding hydrogens is 251 g/mol. The number of hydrogen-bond acceptors (Lipinski definition) is 0. The van der Waals surface area contributed by atoms with Crippen molar-refractivity contribution in [2.45, 2.75) is 0 Å². The minimum atomic E-state index is 0. The summed E-state index contributed by atoms with van der Waals surface area (Å²) in [5, 5.41) is 0. The molecule has 0 saturated heterocycles. The summed E-state index contributed by atoms with van der Waals surface area (Å²) in [6, 6.07) is 0. The third-order valence-electron chi connectivity index (χ3n) is 0. The topological polar surface area (TPSA) is 378 Å². The maximum Gasteiger partial charge on any atom is 2.00 e. The zero-order valence-corrected chi connectivity index (χ0v) is 7.37. The van der Waals surface area contributed by atoms with Crippen LogP contribution in [-0.2, 0) is 16.8 Å². The first-order valence-corrected chi connectivity index (χ1v) is 0. The Morgan fingerprint density at radius 1 is 0.154 bits per heavy atom. The van der Waals surface area contributed by atoms with Gasteiger partial charge in [0, 0.05) is 0 Å². The van der Waals surface area contributed by atoms with Gasteiger partial charge in [-0.25, -0.2) is 0 Å². The van der Waals surface area contributed by atoms with Crippen LogP contribution >= 0.6 is 0 Å². The van der Waals surface area contributed by atoms with Crippen LogP contribution in [0.1, 0.15) is 0 Å². The van der Waals surface area contributed by atoms with E-state index < -0.39 is 0 Å². The van der Waals surface area contributed by atoms with Crippen LogP contribution in [0, 0.1) is 0 Å². The van der Waals surface area contributed by atoms with Crippen molar-refractivity contribution in [3.05, 3.63) is 0 Å². The van der Waals surface area contributed by atoms with Crippen molar-refractivity contribution in [2.75, 3.05) is 0 Å². The monoisotopic (exact) mass is 275 g/mol. The van der Waals surface area contributed by atoms with Gasteiger partial charge in [-0.15, -0.1) is 0 Å². The van der Waals surface area contributed by atoms with Crippen LogP contribution in [0.15, 0.2) is 0 Å². The molecule has 103 valence electrons. The summed E-state index contributed by atoms with van der Waals surface area (Å²) in [5.74, 6) is 0. The Morgan fingerprint density at radius 3 is 0.154 bits per heavy atom. The van der Waals surface area contributed by atoms with E-state index in [2.05, 4.69) is 0 Å². The second-order valence-corrected chi connectivity index (χ2v) is 0. The van der Waals surface area contributed by atoms with E-state index in [0.717, 1.165) is 0 Å². The van der Waals surface area contributed by atoms with Gasteiger partial charge < -0.3 is 65.7 Å². The first-order valence-electron chi connectivity index (χ1n) is 0. The molecule has 0 saturated carbocycles. The van der Waals surface area contributed by atoms with Crippen molar-refractivity contribution in [2.24, 2.45) is 0 Å². The van der Waals surface area contributed by atoms with Crippen LogP contribution in [0.2, 0.25) is 0 Å². The van der Waals surface area contributed by atoms with Crippen LogP contribution in [0.25, 0.3) is 0 Å². The second kappa shape index (κ2) is 2080000. The molecule has 1 radical (unpaired) electrons. The average molecular weight is 275 g/mol. The molecule has 0 aliphatic heterocycles. The van der Waals surface area contributed by atoms with E-state index in [1.165, 1.54) is 0 Å². The van der Waals surface area contributed by atoms with E-state index in [4.69, 9.17) is 0 Å². The van der Waals surface area contributed by atoms with Gasteiger partial charge in [0.2, 0.25) is 0 Å². The molecule has 0 aromatic rings. The molecule has 13 heavy (non-hydrogen) atoms. The maximum absolute atomic E-state index is 0. The summed E-state index contributed by atoms with van der Waals surface area (Å²) < 4.78 is 0. The smallest absolute Gasteiger partial charge is 0.412 e. The molecule has 13 heteroatoms. The van der Waals surface area contributed by atoms with Crippen molar-refractivity contribution in [1.82, 2.24) is 0 Å². The fourth-order valence-corrected chi connectivity index (χ4v) is 0. The Hall–Kier alpha value is 0.0265. The fraction of sp³-hybridized carbons (Fsp3) is 0. The van der Waals surface area contributed by atoms with Crippen LogP contribution in [-0.4, -0.2) is 65.7 Å². The molecule has 0 rings (SSSR count). The summed E-state index contributed by atoms with van der Waals surface area (Å²) in [5.41, 5.74) is 0. The summed E-state index contributed by atoms with van der Waals surface area (Å²) >= 11 is 0. The van der Waals surface area contributed by atoms with Gasteiger partial charge >= 0.3 is 16.8 Å².